The van der Waals surface area contributed by atoms with Gasteiger partial charge in [-0.25, -0.2) is 0 Å². The Bertz CT molecular complexity index is 919. The van der Waals surface area contributed by atoms with Gasteiger partial charge in [-0.3, -0.25) is 14.9 Å². The molecule has 132 valence electrons. The molecule has 1 aliphatic heterocycles. The molecule has 8 heteroatoms. The first-order valence-corrected chi connectivity index (χ1v) is 8.00. The maximum Gasteiger partial charge on any atom is 0.270 e. The zero-order chi connectivity index (χ0) is 18.6. The summed E-state index contributed by atoms with van der Waals surface area (Å²) in [6, 6.07) is 5.96. The van der Waals surface area contributed by atoms with Gasteiger partial charge in [0.1, 0.15) is 17.0 Å². The van der Waals surface area contributed by atoms with Gasteiger partial charge in [0.25, 0.3) is 11.2 Å². The lowest BCUT2D eigenvalue weighted by molar-refractivity contribution is -0.385. The first-order chi connectivity index (χ1) is 11.5. The molecule has 0 amide bonds. The fraction of sp³-hybridized carbons (Fsp3) is 0.353. The summed E-state index contributed by atoms with van der Waals surface area (Å²) in [6.07, 6.45) is 1.41. The van der Waals surface area contributed by atoms with Crippen LogP contribution in [0.15, 0.2) is 41.3 Å². The normalized spacial score (nSPS) is 24.3. The minimum absolute atomic E-state index is 0.155. The topological polar surface area (TPSA) is 94.6 Å². The number of hydrogen-bond acceptors (Lipinski definition) is 5. The summed E-state index contributed by atoms with van der Waals surface area (Å²) in [5.74, 6) is 0.374. The molecule has 7 nitrogen and oxygen atoms in total. The lowest BCUT2D eigenvalue weighted by atomic mass is 9.75. The highest BCUT2D eigenvalue weighted by atomic mass is 35.5. The molecule has 2 aromatic rings. The van der Waals surface area contributed by atoms with Gasteiger partial charge in [-0.15, -0.1) is 0 Å². The number of aromatic nitrogens is 1. The molecule has 0 bridgehead atoms. The van der Waals surface area contributed by atoms with E-state index >= 15 is 0 Å². The zero-order valence-corrected chi connectivity index (χ0v) is 14.6. The number of rotatable bonds is 2. The second kappa shape index (κ2) is 5.57. The van der Waals surface area contributed by atoms with E-state index in [0.717, 1.165) is 0 Å². The van der Waals surface area contributed by atoms with Gasteiger partial charge < -0.3 is 14.4 Å². The standard InChI is InChI=1S/C17H17ClN2O5/c1-16(2)17(3,22)15(19-9-10(18)4-7-14(19)21)12-8-11(20(23)24)5-6-13(12)25-16/h4-9,15,22H,1-3H3. The second-order valence-electron chi connectivity index (χ2n) is 6.73. The van der Waals surface area contributed by atoms with Crippen LogP contribution in [-0.4, -0.2) is 25.8 Å². The smallest absolute Gasteiger partial charge is 0.270 e. The Morgan fingerprint density at radius 1 is 1.28 bits per heavy atom. The monoisotopic (exact) mass is 364 g/mol. The number of hydrogen-bond donors (Lipinski definition) is 1. The summed E-state index contributed by atoms with van der Waals surface area (Å²) in [5, 5.41) is 22.7. The van der Waals surface area contributed by atoms with Gasteiger partial charge in [-0.1, -0.05) is 11.6 Å². The van der Waals surface area contributed by atoms with E-state index in [2.05, 4.69) is 0 Å². The third kappa shape index (κ3) is 2.69. The van der Waals surface area contributed by atoms with Crippen molar-refractivity contribution in [3.63, 3.8) is 0 Å². The molecule has 1 aromatic carbocycles. The molecule has 0 radical (unpaired) electrons. The van der Waals surface area contributed by atoms with Crippen LogP contribution in [-0.2, 0) is 0 Å². The minimum atomic E-state index is -1.54. The summed E-state index contributed by atoms with van der Waals surface area (Å²) < 4.78 is 7.16. The van der Waals surface area contributed by atoms with Crippen molar-refractivity contribution < 1.29 is 14.8 Å². The summed E-state index contributed by atoms with van der Waals surface area (Å²) >= 11 is 6.03. The fourth-order valence-electron chi connectivity index (χ4n) is 3.07. The van der Waals surface area contributed by atoms with E-state index in [0.29, 0.717) is 16.3 Å². The fourth-order valence-corrected chi connectivity index (χ4v) is 3.23. The van der Waals surface area contributed by atoms with E-state index in [9.17, 15) is 20.0 Å². The predicted octanol–water partition coefficient (Wildman–Crippen LogP) is 2.92. The molecule has 1 aliphatic rings. The van der Waals surface area contributed by atoms with Gasteiger partial charge in [0.15, 0.2) is 0 Å². The average Bonchev–Trinajstić information content (AvgIpc) is 2.50. The van der Waals surface area contributed by atoms with Gasteiger partial charge in [-0.05, 0) is 32.9 Å². The minimum Gasteiger partial charge on any atom is -0.484 e. The third-order valence-electron chi connectivity index (χ3n) is 4.80. The Labute approximate surface area is 148 Å². The molecule has 0 spiro atoms. The van der Waals surface area contributed by atoms with Crippen LogP contribution in [0.2, 0.25) is 5.02 Å². The van der Waals surface area contributed by atoms with Crippen LogP contribution < -0.4 is 10.3 Å². The van der Waals surface area contributed by atoms with Crippen molar-refractivity contribution in [3.8, 4) is 5.75 Å². The number of ether oxygens (including phenoxy) is 1. The number of nitro groups is 1. The van der Waals surface area contributed by atoms with Gasteiger partial charge in [0.2, 0.25) is 0 Å². The maximum atomic E-state index is 12.4. The molecule has 0 fully saturated rings. The quantitative estimate of drug-likeness (QED) is 0.653. The molecule has 25 heavy (non-hydrogen) atoms. The number of fused-ring (bicyclic) bond motifs is 1. The molecule has 2 unspecified atom stereocenters. The summed E-state index contributed by atoms with van der Waals surface area (Å²) in [7, 11) is 0. The highest BCUT2D eigenvalue weighted by molar-refractivity contribution is 6.30. The van der Waals surface area contributed by atoms with Crippen LogP contribution in [0.3, 0.4) is 0 Å². The summed E-state index contributed by atoms with van der Waals surface area (Å²) in [5.41, 5.74) is -2.78. The van der Waals surface area contributed by atoms with Gasteiger partial charge in [0.05, 0.1) is 16.0 Å². The van der Waals surface area contributed by atoms with Crippen molar-refractivity contribution in [1.82, 2.24) is 4.57 Å². The van der Waals surface area contributed by atoms with Crippen molar-refractivity contribution >= 4 is 17.3 Å². The van der Waals surface area contributed by atoms with E-state index < -0.39 is 22.2 Å². The van der Waals surface area contributed by atoms with Crippen molar-refractivity contribution in [2.45, 2.75) is 38.0 Å². The van der Waals surface area contributed by atoms with Crippen LogP contribution in [0.4, 0.5) is 5.69 Å². The summed E-state index contributed by atoms with van der Waals surface area (Å²) in [4.78, 5) is 23.0. The summed E-state index contributed by atoms with van der Waals surface area (Å²) in [6.45, 7) is 4.92. The van der Waals surface area contributed by atoms with E-state index in [1.165, 1.54) is 48.0 Å². The maximum absolute atomic E-state index is 12.4. The molecular weight excluding hydrogens is 348 g/mol. The molecule has 3 rings (SSSR count). The van der Waals surface area contributed by atoms with Gasteiger partial charge in [-0.2, -0.15) is 0 Å². The molecule has 1 aromatic heterocycles. The number of nitrogens with zero attached hydrogens (tertiary/aromatic N) is 2. The molecular formula is C17H17ClN2O5. The Balaban J connectivity index is 2.34. The van der Waals surface area contributed by atoms with Crippen LogP contribution >= 0.6 is 11.6 Å². The van der Waals surface area contributed by atoms with Crippen molar-refractivity contribution in [2.24, 2.45) is 0 Å². The molecule has 0 saturated heterocycles. The van der Waals surface area contributed by atoms with Crippen LogP contribution in [0.5, 0.6) is 5.75 Å². The average molecular weight is 365 g/mol. The van der Waals surface area contributed by atoms with E-state index in [1.807, 2.05) is 0 Å². The molecule has 2 atom stereocenters. The Kier molecular flexibility index (Phi) is 3.89. The number of nitro benzene ring substituents is 1. The van der Waals surface area contributed by atoms with E-state index in [-0.39, 0.29) is 11.2 Å². The van der Waals surface area contributed by atoms with E-state index in [4.69, 9.17) is 16.3 Å². The van der Waals surface area contributed by atoms with Crippen molar-refractivity contribution in [1.29, 1.82) is 0 Å². The number of benzene rings is 1. The number of pyridine rings is 1. The van der Waals surface area contributed by atoms with Crippen LogP contribution in [0.1, 0.15) is 32.4 Å². The Hall–Kier alpha value is -2.38. The van der Waals surface area contributed by atoms with Gasteiger partial charge in [0, 0.05) is 30.0 Å². The molecule has 1 N–H and O–H groups in total. The number of non-ortho nitro benzene ring substituents is 1. The lowest BCUT2D eigenvalue weighted by Crippen LogP contribution is -2.60. The lowest BCUT2D eigenvalue weighted by Gasteiger charge is -2.49. The second-order valence-corrected chi connectivity index (χ2v) is 7.17. The Morgan fingerprint density at radius 3 is 2.60 bits per heavy atom. The Morgan fingerprint density at radius 2 is 1.96 bits per heavy atom. The van der Waals surface area contributed by atoms with Crippen molar-refractivity contribution in [2.75, 3.05) is 0 Å². The molecule has 0 saturated carbocycles. The first-order valence-electron chi connectivity index (χ1n) is 7.62. The molecule has 2 heterocycles. The zero-order valence-electron chi connectivity index (χ0n) is 13.9. The first kappa shape index (κ1) is 17.4. The highest BCUT2D eigenvalue weighted by Gasteiger charge is 2.54. The number of aliphatic hydroxyl groups is 1. The van der Waals surface area contributed by atoms with Gasteiger partial charge >= 0.3 is 0 Å². The van der Waals surface area contributed by atoms with Crippen LogP contribution in [0.25, 0.3) is 0 Å². The third-order valence-corrected chi connectivity index (χ3v) is 5.02. The highest BCUT2D eigenvalue weighted by Crippen LogP contribution is 2.48. The largest absolute Gasteiger partial charge is 0.484 e. The number of halogens is 1. The molecule has 0 aliphatic carbocycles. The van der Waals surface area contributed by atoms with Crippen molar-refractivity contribution in [3.05, 3.63) is 67.6 Å². The van der Waals surface area contributed by atoms with E-state index in [1.54, 1.807) is 13.8 Å². The predicted molar refractivity (Wildman–Crippen MR) is 92.3 cm³/mol. The van der Waals surface area contributed by atoms with Crippen LogP contribution in [0, 0.1) is 10.1 Å². The SMILES string of the molecule is CC1(C)Oc2ccc([N+](=O)[O-])cc2C(n2cc(Cl)ccc2=O)C1(C)O.